The van der Waals surface area contributed by atoms with E-state index >= 15 is 0 Å². The van der Waals surface area contributed by atoms with Crippen molar-refractivity contribution in [3.63, 3.8) is 0 Å². The number of benzene rings is 3. The number of carbonyl (C=O) groups is 2. The first-order chi connectivity index (χ1) is 17.9. The van der Waals surface area contributed by atoms with Crippen molar-refractivity contribution in [3.8, 4) is 11.3 Å². The molecular formula is C28H25Cl2N3O2S2. The highest BCUT2D eigenvalue weighted by atomic mass is 35.5. The van der Waals surface area contributed by atoms with Gasteiger partial charge in [0.1, 0.15) is 5.25 Å². The number of hydrogen-bond acceptors (Lipinski definition) is 5. The summed E-state index contributed by atoms with van der Waals surface area (Å²) in [5.41, 5.74) is 3.03. The lowest BCUT2D eigenvalue weighted by atomic mass is 10.1. The van der Waals surface area contributed by atoms with Crippen LogP contribution in [0.2, 0.25) is 10.0 Å². The van der Waals surface area contributed by atoms with Gasteiger partial charge in [-0.3, -0.25) is 9.59 Å². The zero-order valence-corrected chi connectivity index (χ0v) is 23.2. The maximum atomic E-state index is 13.4. The topological polar surface area (TPSA) is 71.1 Å². The maximum absolute atomic E-state index is 13.4. The minimum Gasteiger partial charge on any atom is -0.326 e. The SMILES string of the molecule is CCCCC(=O)Nc1ccc(SC(C(=O)Nc2nc(-c3ccc(Cl)cc3Cl)cs2)c2ccccc2)cc1. The molecule has 5 nitrogen and oxygen atoms in total. The van der Waals surface area contributed by atoms with Crippen molar-refractivity contribution in [2.45, 2.75) is 36.3 Å². The molecule has 0 aliphatic heterocycles. The van der Waals surface area contributed by atoms with Gasteiger partial charge in [0.2, 0.25) is 11.8 Å². The van der Waals surface area contributed by atoms with E-state index in [1.807, 2.05) is 66.0 Å². The molecule has 1 aromatic heterocycles. The summed E-state index contributed by atoms with van der Waals surface area (Å²) in [6.45, 7) is 2.06. The second kappa shape index (κ2) is 13.1. The Bertz CT molecular complexity index is 1360. The Morgan fingerprint density at radius 3 is 2.46 bits per heavy atom. The number of aromatic nitrogens is 1. The van der Waals surface area contributed by atoms with E-state index in [-0.39, 0.29) is 11.8 Å². The van der Waals surface area contributed by atoms with Crippen molar-refractivity contribution >= 4 is 68.9 Å². The molecule has 2 amide bonds. The molecule has 1 unspecified atom stereocenters. The molecule has 4 rings (SSSR count). The Kier molecular flexibility index (Phi) is 9.63. The van der Waals surface area contributed by atoms with Crippen LogP contribution in [0.1, 0.15) is 37.0 Å². The zero-order chi connectivity index (χ0) is 26.2. The maximum Gasteiger partial charge on any atom is 0.244 e. The highest BCUT2D eigenvalue weighted by molar-refractivity contribution is 8.00. The molecule has 2 N–H and O–H groups in total. The number of thiazole rings is 1. The lowest BCUT2D eigenvalue weighted by molar-refractivity contribution is -0.116. The Labute approximate surface area is 234 Å². The summed E-state index contributed by atoms with van der Waals surface area (Å²) in [5, 5.41) is 8.76. The van der Waals surface area contributed by atoms with Crippen molar-refractivity contribution in [1.82, 2.24) is 4.98 Å². The normalized spacial score (nSPS) is 11.6. The second-order valence-electron chi connectivity index (χ2n) is 8.24. The molecule has 37 heavy (non-hydrogen) atoms. The van der Waals surface area contributed by atoms with E-state index < -0.39 is 5.25 Å². The summed E-state index contributed by atoms with van der Waals surface area (Å²) in [7, 11) is 0. The van der Waals surface area contributed by atoms with E-state index in [9.17, 15) is 9.59 Å². The molecule has 1 atom stereocenters. The van der Waals surface area contributed by atoms with E-state index in [4.69, 9.17) is 23.2 Å². The lowest BCUT2D eigenvalue weighted by Gasteiger charge is -2.16. The summed E-state index contributed by atoms with van der Waals surface area (Å²) in [4.78, 5) is 30.9. The number of amides is 2. The molecule has 3 aromatic carbocycles. The van der Waals surface area contributed by atoms with Crippen molar-refractivity contribution in [3.05, 3.63) is 93.8 Å². The van der Waals surface area contributed by atoms with Gasteiger partial charge < -0.3 is 10.6 Å². The van der Waals surface area contributed by atoms with Gasteiger partial charge in [0, 0.05) is 33.0 Å². The lowest BCUT2D eigenvalue weighted by Crippen LogP contribution is -2.19. The minimum atomic E-state index is -0.502. The van der Waals surface area contributed by atoms with Crippen LogP contribution >= 0.6 is 46.3 Å². The predicted molar refractivity (Wildman–Crippen MR) is 156 cm³/mol. The third kappa shape index (κ3) is 7.58. The van der Waals surface area contributed by atoms with Gasteiger partial charge in [-0.1, -0.05) is 66.9 Å². The summed E-state index contributed by atoms with van der Waals surface area (Å²) < 4.78 is 0. The van der Waals surface area contributed by atoms with E-state index in [0.29, 0.717) is 27.3 Å². The number of unbranched alkanes of at least 4 members (excludes halogenated alkanes) is 1. The minimum absolute atomic E-state index is 0.00602. The molecule has 1 heterocycles. The third-order valence-corrected chi connectivity index (χ3v) is 8.00. The third-order valence-electron chi connectivity index (χ3n) is 5.43. The van der Waals surface area contributed by atoms with Gasteiger partial charge in [-0.25, -0.2) is 4.98 Å². The number of rotatable bonds is 10. The first kappa shape index (κ1) is 27.2. The van der Waals surface area contributed by atoms with Gasteiger partial charge in [0.05, 0.1) is 10.7 Å². The number of nitrogens with zero attached hydrogens (tertiary/aromatic N) is 1. The van der Waals surface area contributed by atoms with Gasteiger partial charge in [-0.05, 0) is 54.4 Å². The molecule has 190 valence electrons. The van der Waals surface area contributed by atoms with E-state index in [2.05, 4.69) is 22.5 Å². The first-order valence-electron chi connectivity index (χ1n) is 11.8. The summed E-state index contributed by atoms with van der Waals surface area (Å²) in [6, 6.07) is 22.4. The fraction of sp³-hybridized carbons (Fsp3) is 0.179. The fourth-order valence-electron chi connectivity index (χ4n) is 3.54. The van der Waals surface area contributed by atoms with Gasteiger partial charge >= 0.3 is 0 Å². The summed E-state index contributed by atoms with van der Waals surface area (Å²) in [6.07, 6.45) is 2.34. The highest BCUT2D eigenvalue weighted by Gasteiger charge is 2.23. The zero-order valence-electron chi connectivity index (χ0n) is 20.0. The fourth-order valence-corrected chi connectivity index (χ4v) is 5.78. The van der Waals surface area contributed by atoms with Crippen molar-refractivity contribution in [2.75, 3.05) is 10.6 Å². The average molecular weight is 571 g/mol. The number of halogens is 2. The standard InChI is InChI=1S/C28H25Cl2N3O2S2/c1-2-3-9-25(34)31-20-11-13-21(14-12-20)37-26(18-7-5-4-6-8-18)27(35)33-28-32-24(17-36-28)22-15-10-19(29)16-23(22)30/h4-8,10-17,26H,2-3,9H2,1H3,(H,31,34)(H,32,33,35). The van der Waals surface area contributed by atoms with Crippen molar-refractivity contribution in [2.24, 2.45) is 0 Å². The van der Waals surface area contributed by atoms with Gasteiger partial charge in [-0.2, -0.15) is 0 Å². The number of carbonyl (C=O) groups excluding carboxylic acids is 2. The molecule has 0 radical (unpaired) electrons. The predicted octanol–water partition coefficient (Wildman–Crippen LogP) is 8.72. The Morgan fingerprint density at radius 2 is 1.76 bits per heavy atom. The monoisotopic (exact) mass is 569 g/mol. The molecule has 0 spiro atoms. The number of anilines is 2. The Balaban J connectivity index is 1.48. The molecule has 0 saturated heterocycles. The second-order valence-corrected chi connectivity index (χ2v) is 11.1. The van der Waals surface area contributed by atoms with Crippen LogP contribution in [0.4, 0.5) is 10.8 Å². The Hall–Kier alpha value is -2.84. The molecule has 0 fully saturated rings. The molecular weight excluding hydrogens is 545 g/mol. The average Bonchev–Trinajstić information content (AvgIpc) is 3.35. The number of thioether (sulfide) groups is 1. The summed E-state index contributed by atoms with van der Waals surface area (Å²) >= 11 is 15.1. The number of hydrogen-bond donors (Lipinski definition) is 2. The highest BCUT2D eigenvalue weighted by Crippen LogP contribution is 2.38. The largest absolute Gasteiger partial charge is 0.326 e. The van der Waals surface area contributed by atoms with Gasteiger partial charge in [0.25, 0.3) is 0 Å². The molecule has 9 heteroatoms. The van der Waals surface area contributed by atoms with Gasteiger partial charge in [0.15, 0.2) is 5.13 Å². The molecule has 0 aliphatic carbocycles. The van der Waals surface area contributed by atoms with Crippen LogP contribution in [0, 0.1) is 0 Å². The Morgan fingerprint density at radius 1 is 1.00 bits per heavy atom. The van der Waals surface area contributed by atoms with Crippen LogP contribution in [-0.2, 0) is 9.59 Å². The van der Waals surface area contributed by atoms with Crippen LogP contribution in [0.15, 0.2) is 83.1 Å². The van der Waals surface area contributed by atoms with E-state index in [1.54, 1.807) is 12.1 Å². The molecule has 0 aliphatic rings. The molecule has 0 bridgehead atoms. The van der Waals surface area contributed by atoms with Crippen LogP contribution < -0.4 is 10.6 Å². The first-order valence-corrected chi connectivity index (χ1v) is 14.3. The summed E-state index contributed by atoms with van der Waals surface area (Å²) in [5.74, 6) is -0.178. The number of nitrogens with one attached hydrogen (secondary N) is 2. The van der Waals surface area contributed by atoms with E-state index in [0.717, 1.165) is 34.6 Å². The quantitative estimate of drug-likeness (QED) is 0.187. The van der Waals surface area contributed by atoms with Crippen LogP contribution in [0.25, 0.3) is 11.3 Å². The van der Waals surface area contributed by atoms with Crippen molar-refractivity contribution in [1.29, 1.82) is 0 Å². The van der Waals surface area contributed by atoms with Crippen LogP contribution in [0.5, 0.6) is 0 Å². The molecule has 0 saturated carbocycles. The smallest absolute Gasteiger partial charge is 0.244 e. The van der Waals surface area contributed by atoms with Crippen molar-refractivity contribution < 1.29 is 9.59 Å². The van der Waals surface area contributed by atoms with Crippen LogP contribution in [0.3, 0.4) is 0 Å². The van der Waals surface area contributed by atoms with Gasteiger partial charge in [-0.15, -0.1) is 23.1 Å². The van der Waals surface area contributed by atoms with E-state index in [1.165, 1.54) is 23.1 Å². The van der Waals surface area contributed by atoms with Crippen LogP contribution in [-0.4, -0.2) is 16.8 Å². The molecule has 4 aromatic rings.